The molecule has 0 aliphatic carbocycles. The molecule has 1 aromatic rings. The standard InChI is InChI=1S/C16H18/c1-4-8-15(12-11-14(2)3)13-16-9-6-5-7-10-16/h1,5-7,9-10,12,15H,8,13H2,2-3H3. The van der Waals surface area contributed by atoms with E-state index >= 15 is 0 Å². The summed E-state index contributed by atoms with van der Waals surface area (Å²) in [5.74, 6) is 3.12. The van der Waals surface area contributed by atoms with Gasteiger partial charge in [0.05, 0.1) is 0 Å². The molecule has 0 saturated carbocycles. The van der Waals surface area contributed by atoms with Crippen LogP contribution >= 0.6 is 0 Å². The second-order valence-corrected chi connectivity index (χ2v) is 4.17. The lowest BCUT2D eigenvalue weighted by Crippen LogP contribution is -1.99. The van der Waals surface area contributed by atoms with Gasteiger partial charge in [0.2, 0.25) is 0 Å². The van der Waals surface area contributed by atoms with Crippen LogP contribution in [0.25, 0.3) is 0 Å². The number of allylic oxidation sites excluding steroid dienone is 1. The Balaban J connectivity index is 2.74. The fourth-order valence-corrected chi connectivity index (χ4v) is 1.54. The van der Waals surface area contributed by atoms with Gasteiger partial charge in [0.15, 0.2) is 0 Å². The van der Waals surface area contributed by atoms with Crippen molar-refractivity contribution < 1.29 is 0 Å². The second-order valence-electron chi connectivity index (χ2n) is 4.17. The van der Waals surface area contributed by atoms with Gasteiger partial charge in [-0.2, -0.15) is 0 Å². The number of hydrogen-bond acceptors (Lipinski definition) is 0. The van der Waals surface area contributed by atoms with E-state index in [9.17, 15) is 0 Å². The van der Waals surface area contributed by atoms with E-state index in [0.717, 1.165) is 12.8 Å². The van der Waals surface area contributed by atoms with Gasteiger partial charge in [-0.3, -0.25) is 0 Å². The minimum Gasteiger partial charge on any atom is -0.126 e. The SMILES string of the molecule is C#CCC(C=C=C(C)C)Cc1ccccc1. The van der Waals surface area contributed by atoms with Crippen LogP contribution < -0.4 is 0 Å². The molecule has 0 fully saturated rings. The molecule has 0 aromatic heterocycles. The Morgan fingerprint density at radius 2 is 2.00 bits per heavy atom. The van der Waals surface area contributed by atoms with E-state index in [-0.39, 0.29) is 0 Å². The fraction of sp³-hybridized carbons (Fsp3) is 0.312. The molecule has 0 aliphatic rings. The van der Waals surface area contributed by atoms with Crippen LogP contribution in [0.5, 0.6) is 0 Å². The molecule has 0 amide bonds. The van der Waals surface area contributed by atoms with Gasteiger partial charge in [0.1, 0.15) is 0 Å². The summed E-state index contributed by atoms with van der Waals surface area (Å²) in [6.45, 7) is 4.10. The van der Waals surface area contributed by atoms with Gasteiger partial charge in [-0.25, -0.2) is 0 Å². The van der Waals surface area contributed by atoms with Crippen molar-refractivity contribution in [1.29, 1.82) is 0 Å². The van der Waals surface area contributed by atoms with E-state index in [1.807, 2.05) is 19.9 Å². The molecule has 0 spiro atoms. The van der Waals surface area contributed by atoms with Crippen molar-refractivity contribution in [1.82, 2.24) is 0 Å². The summed E-state index contributed by atoms with van der Waals surface area (Å²) in [4.78, 5) is 0. The van der Waals surface area contributed by atoms with Crippen LogP contribution in [0.4, 0.5) is 0 Å². The summed E-state index contributed by atoms with van der Waals surface area (Å²) in [6, 6.07) is 10.4. The van der Waals surface area contributed by atoms with E-state index < -0.39 is 0 Å². The zero-order valence-corrected chi connectivity index (χ0v) is 10.0. The Morgan fingerprint density at radius 3 is 2.56 bits per heavy atom. The van der Waals surface area contributed by atoms with Crippen LogP contribution in [0.1, 0.15) is 25.8 Å². The maximum atomic E-state index is 5.38. The summed E-state index contributed by atoms with van der Waals surface area (Å²) >= 11 is 0. The van der Waals surface area contributed by atoms with Crippen molar-refractivity contribution in [3.63, 3.8) is 0 Å². The molecule has 0 saturated heterocycles. The molecule has 0 aliphatic heterocycles. The van der Waals surface area contributed by atoms with Crippen LogP contribution in [0.3, 0.4) is 0 Å². The fourth-order valence-electron chi connectivity index (χ4n) is 1.54. The summed E-state index contributed by atoms with van der Waals surface area (Å²) in [5.41, 5.74) is 5.76. The van der Waals surface area contributed by atoms with Crippen molar-refractivity contribution in [3.8, 4) is 12.3 Å². The highest BCUT2D eigenvalue weighted by Crippen LogP contribution is 2.13. The Morgan fingerprint density at radius 1 is 1.31 bits per heavy atom. The highest BCUT2D eigenvalue weighted by molar-refractivity contribution is 5.17. The van der Waals surface area contributed by atoms with Crippen LogP contribution in [0, 0.1) is 18.3 Å². The van der Waals surface area contributed by atoms with E-state index in [4.69, 9.17) is 6.42 Å². The zero-order valence-electron chi connectivity index (χ0n) is 10.0. The summed E-state index contributed by atoms with van der Waals surface area (Å²) in [6.07, 6.45) is 9.25. The van der Waals surface area contributed by atoms with E-state index in [2.05, 4.69) is 42.0 Å². The van der Waals surface area contributed by atoms with Crippen molar-refractivity contribution in [2.45, 2.75) is 26.7 Å². The molecular formula is C16H18. The Kier molecular flexibility index (Phi) is 5.20. The number of hydrogen-bond donors (Lipinski definition) is 0. The minimum atomic E-state index is 0.391. The zero-order chi connectivity index (χ0) is 11.8. The first kappa shape index (κ1) is 12.4. The van der Waals surface area contributed by atoms with Gasteiger partial charge in [-0.1, -0.05) is 30.3 Å². The van der Waals surface area contributed by atoms with E-state index in [1.165, 1.54) is 11.1 Å². The monoisotopic (exact) mass is 210 g/mol. The predicted molar refractivity (Wildman–Crippen MR) is 70.0 cm³/mol. The topological polar surface area (TPSA) is 0 Å². The van der Waals surface area contributed by atoms with Crippen LogP contribution in [-0.2, 0) is 6.42 Å². The third-order valence-electron chi connectivity index (χ3n) is 2.33. The quantitative estimate of drug-likeness (QED) is 0.520. The average Bonchev–Trinajstić information content (AvgIpc) is 2.27. The third-order valence-corrected chi connectivity index (χ3v) is 2.33. The van der Waals surface area contributed by atoms with Gasteiger partial charge >= 0.3 is 0 Å². The van der Waals surface area contributed by atoms with Crippen molar-refractivity contribution >= 4 is 0 Å². The normalized spacial score (nSPS) is 11.1. The third kappa shape index (κ3) is 4.69. The highest BCUT2D eigenvalue weighted by atomic mass is 14.1. The molecule has 1 aromatic carbocycles. The van der Waals surface area contributed by atoms with Gasteiger partial charge in [-0.05, 0) is 43.4 Å². The lowest BCUT2D eigenvalue weighted by Gasteiger charge is -2.08. The molecule has 16 heavy (non-hydrogen) atoms. The molecule has 82 valence electrons. The maximum absolute atomic E-state index is 5.38. The lowest BCUT2D eigenvalue weighted by molar-refractivity contribution is 0.670. The number of terminal acetylenes is 1. The first-order valence-corrected chi connectivity index (χ1v) is 5.59. The molecule has 0 N–H and O–H groups in total. The molecule has 0 nitrogen and oxygen atoms in total. The Hall–Kier alpha value is -1.70. The Labute approximate surface area is 98.7 Å². The minimum absolute atomic E-state index is 0.391. The van der Waals surface area contributed by atoms with Crippen molar-refractivity contribution in [2.24, 2.45) is 5.92 Å². The molecule has 0 radical (unpaired) electrons. The van der Waals surface area contributed by atoms with Gasteiger partial charge in [-0.15, -0.1) is 18.1 Å². The number of benzene rings is 1. The van der Waals surface area contributed by atoms with Crippen molar-refractivity contribution in [2.75, 3.05) is 0 Å². The maximum Gasteiger partial charge on any atom is 0.0158 e. The van der Waals surface area contributed by atoms with Gasteiger partial charge < -0.3 is 0 Å². The largest absolute Gasteiger partial charge is 0.126 e. The van der Waals surface area contributed by atoms with E-state index in [1.54, 1.807) is 0 Å². The second kappa shape index (κ2) is 6.72. The van der Waals surface area contributed by atoms with Crippen LogP contribution in [-0.4, -0.2) is 0 Å². The van der Waals surface area contributed by atoms with Crippen LogP contribution in [0.2, 0.25) is 0 Å². The Bertz CT molecular complexity index is 407. The molecule has 0 heteroatoms. The first-order valence-electron chi connectivity index (χ1n) is 5.59. The van der Waals surface area contributed by atoms with E-state index in [0.29, 0.717) is 5.92 Å². The van der Waals surface area contributed by atoms with Gasteiger partial charge in [0.25, 0.3) is 0 Å². The summed E-state index contributed by atoms with van der Waals surface area (Å²) in [5, 5.41) is 0. The summed E-state index contributed by atoms with van der Waals surface area (Å²) in [7, 11) is 0. The molecule has 0 heterocycles. The molecular weight excluding hydrogens is 192 g/mol. The van der Waals surface area contributed by atoms with Crippen molar-refractivity contribution in [3.05, 3.63) is 53.3 Å². The molecule has 1 rings (SSSR count). The lowest BCUT2D eigenvalue weighted by atomic mass is 9.96. The first-order chi connectivity index (χ1) is 7.72. The highest BCUT2D eigenvalue weighted by Gasteiger charge is 2.03. The predicted octanol–water partition coefficient (Wildman–Crippen LogP) is 3.99. The van der Waals surface area contributed by atoms with Gasteiger partial charge in [0, 0.05) is 6.42 Å². The molecule has 0 bridgehead atoms. The smallest absolute Gasteiger partial charge is 0.0158 e. The molecule has 1 unspecified atom stereocenters. The van der Waals surface area contributed by atoms with Crippen LogP contribution in [0.15, 0.2) is 47.7 Å². The average molecular weight is 210 g/mol. The number of rotatable bonds is 4. The summed E-state index contributed by atoms with van der Waals surface area (Å²) < 4.78 is 0. The molecule has 1 atom stereocenters.